The minimum Gasteiger partial charge on any atom is -0.462 e. The predicted molar refractivity (Wildman–Crippen MR) is 64.9 cm³/mol. The Morgan fingerprint density at radius 3 is 2.47 bits per heavy atom. The Labute approximate surface area is 101 Å². The predicted octanol–water partition coefficient (Wildman–Crippen LogP) is 2.59. The van der Waals surface area contributed by atoms with Crippen LogP contribution in [0.5, 0.6) is 0 Å². The summed E-state index contributed by atoms with van der Waals surface area (Å²) in [6, 6.07) is 8.53. The van der Waals surface area contributed by atoms with Crippen LogP contribution < -0.4 is 0 Å². The molecule has 0 saturated heterocycles. The molecule has 17 heavy (non-hydrogen) atoms. The normalized spacial score (nSPS) is 14.9. The summed E-state index contributed by atoms with van der Waals surface area (Å²) in [4.78, 5) is 21.3. The monoisotopic (exact) mass is 255 g/mol. The number of hydrogen-bond donors (Lipinski definition) is 1. The molecule has 0 radical (unpaired) electrons. The highest BCUT2D eigenvalue weighted by Crippen LogP contribution is 2.45. The Morgan fingerprint density at radius 1 is 1.41 bits per heavy atom. The fourth-order valence-electron chi connectivity index (χ4n) is 1.40. The highest BCUT2D eigenvalue weighted by molar-refractivity contribution is 7.41. The summed E-state index contributed by atoms with van der Waals surface area (Å²) in [5, 5.41) is -1.49. The second kappa shape index (κ2) is 5.89. The van der Waals surface area contributed by atoms with Crippen LogP contribution in [0.2, 0.25) is 0 Å². The van der Waals surface area contributed by atoms with Crippen molar-refractivity contribution in [2.45, 2.75) is 25.4 Å². The number of hydrogen-bond acceptors (Lipinski definition) is 3. The first-order valence-corrected chi connectivity index (χ1v) is 6.63. The van der Waals surface area contributed by atoms with Crippen LogP contribution in [0.4, 0.5) is 0 Å². The van der Waals surface area contributed by atoms with Crippen LogP contribution in [0, 0.1) is 0 Å². The van der Waals surface area contributed by atoms with Crippen molar-refractivity contribution in [1.82, 2.24) is 0 Å². The lowest BCUT2D eigenvalue weighted by Gasteiger charge is -2.15. The summed E-state index contributed by atoms with van der Waals surface area (Å²) in [7, 11) is -2.70. The molecule has 0 aliphatic carbocycles. The standard InChI is InChI=1S/C12H15O4P/c1-3-9-16-11(13)12(2,17(14)15)10-7-5-4-6-8-10/h4-8H,3,9H2,1-2H3/p+1. The maximum Gasteiger partial charge on any atom is 0.528 e. The van der Waals surface area contributed by atoms with Gasteiger partial charge < -0.3 is 4.74 Å². The van der Waals surface area contributed by atoms with Crippen LogP contribution in [0.25, 0.3) is 0 Å². The van der Waals surface area contributed by atoms with Crippen LogP contribution in [-0.2, 0) is 19.3 Å². The molecule has 0 saturated carbocycles. The maximum atomic E-state index is 11.9. The summed E-state index contributed by atoms with van der Waals surface area (Å²) < 4.78 is 16.5. The summed E-state index contributed by atoms with van der Waals surface area (Å²) in [5.41, 5.74) is 0.490. The molecule has 1 N–H and O–H groups in total. The highest BCUT2D eigenvalue weighted by Gasteiger charge is 2.55. The van der Waals surface area contributed by atoms with Gasteiger partial charge in [0.2, 0.25) is 0 Å². The lowest BCUT2D eigenvalue weighted by atomic mass is 10.0. The zero-order valence-electron chi connectivity index (χ0n) is 9.92. The van der Waals surface area contributed by atoms with E-state index in [-0.39, 0.29) is 6.61 Å². The first-order chi connectivity index (χ1) is 8.03. The van der Waals surface area contributed by atoms with E-state index in [1.165, 1.54) is 6.92 Å². The molecule has 0 bridgehead atoms. The van der Waals surface area contributed by atoms with E-state index in [9.17, 15) is 14.3 Å². The molecule has 0 aromatic heterocycles. The fraction of sp³-hybridized carbons (Fsp3) is 0.417. The fourth-order valence-corrected chi connectivity index (χ4v) is 2.00. The van der Waals surface area contributed by atoms with Crippen molar-refractivity contribution in [3.8, 4) is 0 Å². The lowest BCUT2D eigenvalue weighted by Crippen LogP contribution is -2.31. The SMILES string of the molecule is CCCOC(=O)C(C)(c1ccccc1)[P+](=O)O. The van der Waals surface area contributed by atoms with Gasteiger partial charge in [-0.25, -0.2) is 4.79 Å². The zero-order chi connectivity index (χ0) is 12.9. The largest absolute Gasteiger partial charge is 0.528 e. The Balaban J connectivity index is 3.06. The van der Waals surface area contributed by atoms with Gasteiger partial charge in [-0.1, -0.05) is 37.3 Å². The third-order valence-corrected chi connectivity index (χ3v) is 3.76. The Kier molecular flexibility index (Phi) is 4.79. The summed E-state index contributed by atoms with van der Waals surface area (Å²) in [5.74, 6) is -0.658. The Hall–Kier alpha value is -1.25. The third kappa shape index (κ3) is 2.90. The maximum absolute atomic E-state index is 11.9. The first kappa shape index (κ1) is 13.8. The van der Waals surface area contributed by atoms with Crippen LogP contribution in [0.15, 0.2) is 30.3 Å². The first-order valence-electron chi connectivity index (χ1n) is 5.42. The molecule has 1 aromatic carbocycles. The van der Waals surface area contributed by atoms with E-state index < -0.39 is 19.2 Å². The molecule has 0 fully saturated rings. The molecule has 92 valence electrons. The lowest BCUT2D eigenvalue weighted by molar-refractivity contribution is -0.146. The van der Waals surface area contributed by atoms with Crippen LogP contribution in [-0.4, -0.2) is 17.5 Å². The molecule has 0 amide bonds. The minimum atomic E-state index is -2.70. The molecule has 1 aromatic rings. The van der Waals surface area contributed by atoms with Crippen molar-refractivity contribution in [3.63, 3.8) is 0 Å². The van der Waals surface area contributed by atoms with Gasteiger partial charge in [0.15, 0.2) is 0 Å². The number of esters is 1. The van der Waals surface area contributed by atoms with E-state index in [0.29, 0.717) is 12.0 Å². The van der Waals surface area contributed by atoms with Crippen molar-refractivity contribution in [2.75, 3.05) is 6.61 Å². The third-order valence-electron chi connectivity index (χ3n) is 2.55. The van der Waals surface area contributed by atoms with Gasteiger partial charge in [-0.3, -0.25) is 0 Å². The van der Waals surface area contributed by atoms with Crippen molar-refractivity contribution in [3.05, 3.63) is 35.9 Å². The van der Waals surface area contributed by atoms with Gasteiger partial charge in [-0.05, 0) is 11.0 Å². The van der Waals surface area contributed by atoms with E-state index in [4.69, 9.17) is 4.74 Å². The second-order valence-corrected chi connectivity index (χ2v) is 5.29. The topological polar surface area (TPSA) is 63.6 Å². The van der Waals surface area contributed by atoms with Gasteiger partial charge >= 0.3 is 19.2 Å². The van der Waals surface area contributed by atoms with Gasteiger partial charge in [0, 0.05) is 12.5 Å². The highest BCUT2D eigenvalue weighted by atomic mass is 31.1. The van der Waals surface area contributed by atoms with Crippen LogP contribution >= 0.6 is 8.03 Å². The molecule has 2 unspecified atom stereocenters. The number of ether oxygens (including phenoxy) is 1. The van der Waals surface area contributed by atoms with Crippen LogP contribution in [0.3, 0.4) is 0 Å². The van der Waals surface area contributed by atoms with E-state index >= 15 is 0 Å². The Morgan fingerprint density at radius 2 is 2.00 bits per heavy atom. The van der Waals surface area contributed by atoms with Gasteiger partial charge in [-0.15, -0.1) is 0 Å². The summed E-state index contributed by atoms with van der Waals surface area (Å²) >= 11 is 0. The van der Waals surface area contributed by atoms with E-state index in [2.05, 4.69) is 0 Å². The van der Waals surface area contributed by atoms with Crippen molar-refractivity contribution in [2.24, 2.45) is 0 Å². The van der Waals surface area contributed by atoms with E-state index in [1.54, 1.807) is 30.3 Å². The molecule has 1 rings (SSSR count). The van der Waals surface area contributed by atoms with Gasteiger partial charge in [-0.2, -0.15) is 4.89 Å². The average molecular weight is 255 g/mol. The quantitative estimate of drug-likeness (QED) is 0.648. The molecule has 4 nitrogen and oxygen atoms in total. The number of carbonyl (C=O) groups excluding carboxylic acids is 1. The van der Waals surface area contributed by atoms with Crippen LogP contribution in [0.1, 0.15) is 25.8 Å². The molecular weight excluding hydrogens is 239 g/mol. The zero-order valence-corrected chi connectivity index (χ0v) is 10.8. The van der Waals surface area contributed by atoms with Gasteiger partial charge in [0.25, 0.3) is 0 Å². The van der Waals surface area contributed by atoms with Crippen molar-refractivity contribution in [1.29, 1.82) is 0 Å². The van der Waals surface area contributed by atoms with Crippen molar-refractivity contribution >= 4 is 14.0 Å². The second-order valence-electron chi connectivity index (χ2n) is 3.85. The molecule has 2 atom stereocenters. The summed E-state index contributed by atoms with van der Waals surface area (Å²) in [6.45, 7) is 3.55. The Bertz CT molecular complexity index is 404. The molecule has 0 aliphatic heterocycles. The number of benzene rings is 1. The minimum absolute atomic E-state index is 0.254. The average Bonchev–Trinajstić information content (AvgIpc) is 2.35. The molecule has 0 aliphatic rings. The molecule has 5 heteroatoms. The van der Waals surface area contributed by atoms with Gasteiger partial charge in [0.05, 0.1) is 6.61 Å². The van der Waals surface area contributed by atoms with E-state index in [0.717, 1.165) is 0 Å². The molecule has 0 heterocycles. The molecule has 0 spiro atoms. The van der Waals surface area contributed by atoms with Gasteiger partial charge in [0.1, 0.15) is 0 Å². The smallest absolute Gasteiger partial charge is 0.462 e. The van der Waals surface area contributed by atoms with E-state index in [1.807, 2.05) is 6.92 Å². The number of rotatable bonds is 5. The summed E-state index contributed by atoms with van der Waals surface area (Å²) in [6.07, 6.45) is 0.679. The molecular formula is C12H16O4P+. The number of carbonyl (C=O) groups is 1. The van der Waals surface area contributed by atoms with Crippen molar-refractivity contribution < 1.29 is 19.0 Å².